The summed E-state index contributed by atoms with van der Waals surface area (Å²) in [5.41, 5.74) is 13.3. The second-order valence-electron chi connectivity index (χ2n) is 7.34. The zero-order chi connectivity index (χ0) is 23.0. The number of nitrogens with zero attached hydrogens (tertiary/aromatic N) is 4. The molecule has 3 aromatic heterocycles. The lowest BCUT2D eigenvalue weighted by Gasteiger charge is -2.11. The van der Waals surface area contributed by atoms with Crippen molar-refractivity contribution >= 4 is 5.91 Å². The van der Waals surface area contributed by atoms with E-state index in [4.69, 9.17) is 5.73 Å². The quantitative estimate of drug-likeness (QED) is 0.365. The summed E-state index contributed by atoms with van der Waals surface area (Å²) in [4.78, 5) is 22.8. The van der Waals surface area contributed by atoms with Crippen LogP contribution in [0, 0.1) is 5.82 Å². The molecule has 4 aromatic rings. The van der Waals surface area contributed by atoms with Crippen molar-refractivity contribution in [2.24, 2.45) is 5.73 Å². The van der Waals surface area contributed by atoms with Gasteiger partial charge in [-0.2, -0.15) is 9.89 Å². The number of hydrogen-bond donors (Lipinski definition) is 3. The minimum atomic E-state index is -0.249. The number of carbonyl (C=O) groups is 1. The van der Waals surface area contributed by atoms with Crippen LogP contribution in [0.2, 0.25) is 0 Å². The van der Waals surface area contributed by atoms with E-state index in [-0.39, 0.29) is 11.7 Å². The van der Waals surface area contributed by atoms with Crippen LogP contribution in [0.25, 0.3) is 11.4 Å². The lowest BCUT2D eigenvalue weighted by molar-refractivity contribution is 0.0950. The first-order valence-corrected chi connectivity index (χ1v) is 10.5. The maximum atomic E-state index is 13.3. The van der Waals surface area contributed by atoms with Gasteiger partial charge in [0.2, 0.25) is 0 Å². The summed E-state index contributed by atoms with van der Waals surface area (Å²) in [7, 11) is 0. The van der Waals surface area contributed by atoms with Crippen molar-refractivity contribution in [3.05, 3.63) is 101 Å². The molecule has 1 aromatic carbocycles. The number of aromatic nitrogens is 4. The Bertz CT molecular complexity index is 1220. The molecular weight excluding hydrogens is 421 g/mol. The highest BCUT2D eigenvalue weighted by Crippen LogP contribution is 2.16. The summed E-state index contributed by atoms with van der Waals surface area (Å²) >= 11 is 0. The van der Waals surface area contributed by atoms with E-state index in [0.717, 1.165) is 22.5 Å². The molecule has 4 N–H and O–H groups in total. The van der Waals surface area contributed by atoms with Gasteiger partial charge < -0.3 is 16.5 Å². The minimum Gasteiger partial charge on any atom is -0.348 e. The standard InChI is InChI=1S/C24H24FN7O/c25-20-5-1-3-17(13-20)8-11-30-32-23(9-12-31-32)21-7-6-19(16-28-21)24(33)29-15-18-4-2-10-27-22(18)14-26/h1-7,9-10,12-13,16,30H,8,11,14-15,26H2,(H,29,33). The van der Waals surface area contributed by atoms with Crippen molar-refractivity contribution in [3.8, 4) is 11.4 Å². The zero-order valence-electron chi connectivity index (χ0n) is 17.9. The molecule has 0 saturated carbocycles. The number of amides is 1. The predicted molar refractivity (Wildman–Crippen MR) is 123 cm³/mol. The van der Waals surface area contributed by atoms with E-state index in [1.54, 1.807) is 35.4 Å². The third kappa shape index (κ3) is 5.58. The number of rotatable bonds is 9. The number of pyridine rings is 2. The van der Waals surface area contributed by atoms with Gasteiger partial charge in [-0.3, -0.25) is 14.8 Å². The van der Waals surface area contributed by atoms with Crippen LogP contribution in [0.15, 0.2) is 73.2 Å². The molecule has 0 bridgehead atoms. The van der Waals surface area contributed by atoms with Crippen LogP contribution in [-0.2, 0) is 19.5 Å². The van der Waals surface area contributed by atoms with E-state index in [9.17, 15) is 9.18 Å². The van der Waals surface area contributed by atoms with Gasteiger partial charge in [0.1, 0.15) is 11.5 Å². The zero-order valence-corrected chi connectivity index (χ0v) is 17.9. The van der Waals surface area contributed by atoms with Gasteiger partial charge in [-0.1, -0.05) is 18.2 Å². The second-order valence-corrected chi connectivity index (χ2v) is 7.34. The van der Waals surface area contributed by atoms with Crippen LogP contribution in [0.4, 0.5) is 4.39 Å². The maximum absolute atomic E-state index is 13.3. The fourth-order valence-electron chi connectivity index (χ4n) is 3.40. The van der Waals surface area contributed by atoms with Gasteiger partial charge in [0.15, 0.2) is 0 Å². The minimum absolute atomic E-state index is 0.234. The van der Waals surface area contributed by atoms with Crippen molar-refractivity contribution < 1.29 is 9.18 Å². The fourth-order valence-corrected chi connectivity index (χ4v) is 3.40. The topological polar surface area (TPSA) is 111 Å². The summed E-state index contributed by atoms with van der Waals surface area (Å²) in [5, 5.41) is 7.15. The van der Waals surface area contributed by atoms with E-state index in [0.29, 0.717) is 37.3 Å². The largest absolute Gasteiger partial charge is 0.348 e. The van der Waals surface area contributed by atoms with Crippen LogP contribution < -0.4 is 16.5 Å². The normalized spacial score (nSPS) is 10.7. The Hall–Kier alpha value is -4.11. The van der Waals surface area contributed by atoms with Gasteiger partial charge in [-0.15, -0.1) is 0 Å². The van der Waals surface area contributed by atoms with Crippen LogP contribution in [-0.4, -0.2) is 32.3 Å². The van der Waals surface area contributed by atoms with Crippen LogP contribution in [0.3, 0.4) is 0 Å². The molecule has 0 saturated heterocycles. The molecule has 168 valence electrons. The average Bonchev–Trinajstić information content (AvgIpc) is 3.31. The maximum Gasteiger partial charge on any atom is 0.253 e. The molecule has 9 heteroatoms. The summed E-state index contributed by atoms with van der Waals surface area (Å²) in [5.74, 6) is -0.483. The van der Waals surface area contributed by atoms with E-state index in [1.807, 2.05) is 24.3 Å². The first kappa shape index (κ1) is 22.1. The van der Waals surface area contributed by atoms with E-state index in [2.05, 4.69) is 25.8 Å². The molecule has 0 aliphatic heterocycles. The highest BCUT2D eigenvalue weighted by molar-refractivity contribution is 5.94. The molecule has 33 heavy (non-hydrogen) atoms. The van der Waals surface area contributed by atoms with Crippen molar-refractivity contribution in [1.29, 1.82) is 0 Å². The first-order valence-electron chi connectivity index (χ1n) is 10.5. The fraction of sp³-hybridized carbons (Fsp3) is 0.167. The number of hydrogen-bond acceptors (Lipinski definition) is 6. The Morgan fingerprint density at radius 3 is 2.76 bits per heavy atom. The van der Waals surface area contributed by atoms with E-state index < -0.39 is 0 Å². The molecule has 0 unspecified atom stereocenters. The lowest BCUT2D eigenvalue weighted by Crippen LogP contribution is -2.24. The highest BCUT2D eigenvalue weighted by Gasteiger charge is 2.11. The predicted octanol–water partition coefficient (Wildman–Crippen LogP) is 2.65. The second kappa shape index (κ2) is 10.5. The van der Waals surface area contributed by atoms with Gasteiger partial charge in [0.05, 0.1) is 23.1 Å². The molecule has 0 aliphatic rings. The number of nitrogens with two attached hydrogens (primary N) is 1. The summed E-state index contributed by atoms with van der Waals surface area (Å²) < 4.78 is 13.3. The Morgan fingerprint density at radius 2 is 1.97 bits per heavy atom. The molecule has 1 amide bonds. The van der Waals surface area contributed by atoms with Crippen molar-refractivity contribution in [1.82, 2.24) is 25.2 Å². The average molecular weight is 446 g/mol. The van der Waals surface area contributed by atoms with Gasteiger partial charge in [0, 0.05) is 32.0 Å². The molecule has 0 radical (unpaired) electrons. The monoisotopic (exact) mass is 445 g/mol. The van der Waals surface area contributed by atoms with Gasteiger partial charge in [-0.05, 0) is 53.9 Å². The van der Waals surface area contributed by atoms with E-state index >= 15 is 0 Å². The van der Waals surface area contributed by atoms with Crippen molar-refractivity contribution in [2.45, 2.75) is 19.5 Å². The molecule has 0 atom stereocenters. The summed E-state index contributed by atoms with van der Waals surface area (Å²) in [6, 6.07) is 15.5. The molecule has 8 nitrogen and oxygen atoms in total. The number of nitrogens with one attached hydrogen (secondary N) is 2. The van der Waals surface area contributed by atoms with Crippen LogP contribution in [0.5, 0.6) is 0 Å². The Balaban J connectivity index is 1.36. The molecule has 4 rings (SSSR count). The molecule has 0 spiro atoms. The molecule has 0 aliphatic carbocycles. The number of halogens is 1. The molecular formula is C24H24FN7O. The van der Waals surface area contributed by atoms with Gasteiger partial charge >= 0.3 is 0 Å². The smallest absolute Gasteiger partial charge is 0.253 e. The van der Waals surface area contributed by atoms with Crippen LogP contribution in [0.1, 0.15) is 27.2 Å². The number of benzene rings is 1. The summed E-state index contributed by atoms with van der Waals surface area (Å²) in [6.45, 7) is 1.22. The van der Waals surface area contributed by atoms with Gasteiger partial charge in [0.25, 0.3) is 5.91 Å². The third-order valence-corrected chi connectivity index (χ3v) is 5.11. The molecule has 0 fully saturated rings. The van der Waals surface area contributed by atoms with Gasteiger partial charge in [-0.25, -0.2) is 4.39 Å². The third-order valence-electron chi connectivity index (χ3n) is 5.11. The number of carbonyl (C=O) groups excluding carboxylic acids is 1. The highest BCUT2D eigenvalue weighted by atomic mass is 19.1. The van der Waals surface area contributed by atoms with Crippen LogP contribution >= 0.6 is 0 Å². The Labute approximate surface area is 190 Å². The Morgan fingerprint density at radius 1 is 1.06 bits per heavy atom. The summed E-state index contributed by atoms with van der Waals surface area (Å²) in [6.07, 6.45) is 5.52. The van der Waals surface area contributed by atoms with E-state index in [1.165, 1.54) is 18.3 Å². The van der Waals surface area contributed by atoms with Crippen molar-refractivity contribution in [3.63, 3.8) is 0 Å². The van der Waals surface area contributed by atoms with Crippen molar-refractivity contribution in [2.75, 3.05) is 12.0 Å². The first-order chi connectivity index (χ1) is 16.1. The molecule has 3 heterocycles. The SMILES string of the molecule is NCc1ncccc1CNC(=O)c1ccc(-c2ccnn2NCCc2cccc(F)c2)nc1. The Kier molecular flexibility index (Phi) is 7.01. The lowest BCUT2D eigenvalue weighted by atomic mass is 10.1.